The van der Waals surface area contributed by atoms with Crippen LogP contribution in [0, 0.1) is 11.6 Å². The quantitative estimate of drug-likeness (QED) is 0.0400. The number of hydrogen-bond acceptors (Lipinski definition) is 7. The number of carbonyl (C=O) groups is 6. The van der Waals surface area contributed by atoms with Crippen LogP contribution in [0.25, 0.3) is 12.2 Å². The highest BCUT2D eigenvalue weighted by molar-refractivity contribution is 5.96. The molecule has 2 aliphatic carbocycles. The second-order valence-corrected chi connectivity index (χ2v) is 16.5. The average molecular weight is 889 g/mol. The van der Waals surface area contributed by atoms with Gasteiger partial charge in [-0.1, -0.05) is 74.2 Å². The molecule has 6 rings (SSSR count). The number of halogens is 2. The smallest absolute Gasteiger partial charge is 0.305 e. The number of aliphatic carboxylic acids is 1. The summed E-state index contributed by atoms with van der Waals surface area (Å²) in [5.74, 6) is -1.99. The molecule has 4 aromatic rings. The lowest BCUT2D eigenvalue weighted by Gasteiger charge is -2.14. The van der Waals surface area contributed by atoms with Crippen molar-refractivity contribution >= 4 is 47.5 Å². The van der Waals surface area contributed by atoms with Gasteiger partial charge in [0.05, 0.1) is 19.2 Å². The Morgan fingerprint density at radius 1 is 0.569 bits per heavy atom. The number of carboxylic acid groups (broad SMARTS) is 1. The minimum Gasteiger partial charge on any atom is -0.481 e. The van der Waals surface area contributed by atoms with E-state index in [1.165, 1.54) is 61.2 Å². The van der Waals surface area contributed by atoms with E-state index in [1.807, 2.05) is 36.4 Å². The molecule has 0 radical (unpaired) electrons. The van der Waals surface area contributed by atoms with Gasteiger partial charge in [0, 0.05) is 36.8 Å². The number of rotatable bonds is 22. The van der Waals surface area contributed by atoms with Crippen LogP contribution in [0.4, 0.5) is 8.78 Å². The summed E-state index contributed by atoms with van der Waals surface area (Å²) in [6, 6.07) is 22.9. The fourth-order valence-electron chi connectivity index (χ4n) is 7.97. The van der Waals surface area contributed by atoms with E-state index in [2.05, 4.69) is 27.5 Å². The standard InChI is InChI=1S/C27H30FNO4.C26H28FNO4/c1-33-26(31)7-5-3-2-4-6-23(30)15-8-19-9-16-24-21(18-19)12-17-25(24)29-27(32)20-10-13-22(28)14-11-20;27-21-12-9-19(10-13-21)26(32)28-24-16-11-20-17-18(8-15-23(20)24)7-14-22(29)5-3-1-2-4-6-25(30)31/h8-11,13-16,18,25H,2-7,12,17H2,1H3,(H,29,32);7-10,12-15,17,24H,1-6,11,16H2,(H,28,32)(H,30,31)/b15-8+;14-7+. The Labute approximate surface area is 379 Å². The van der Waals surface area contributed by atoms with Crippen molar-refractivity contribution < 1.29 is 47.4 Å². The molecule has 0 saturated carbocycles. The number of amides is 2. The summed E-state index contributed by atoms with van der Waals surface area (Å²) >= 11 is 0. The van der Waals surface area contributed by atoms with Crippen molar-refractivity contribution in [3.8, 4) is 0 Å². The molecule has 2 atom stereocenters. The number of benzene rings is 4. The van der Waals surface area contributed by atoms with Gasteiger partial charge >= 0.3 is 11.9 Å². The van der Waals surface area contributed by atoms with Crippen LogP contribution in [0.5, 0.6) is 0 Å². The summed E-state index contributed by atoms with van der Waals surface area (Å²) in [7, 11) is 1.39. The molecule has 0 aliphatic heterocycles. The number of aryl methyl sites for hydroxylation is 2. The van der Waals surface area contributed by atoms with Gasteiger partial charge in [0.2, 0.25) is 0 Å². The molecule has 0 fully saturated rings. The number of methoxy groups -OCH3 is 1. The molecular weight excluding hydrogens is 831 g/mol. The Morgan fingerprint density at radius 2 is 0.969 bits per heavy atom. The van der Waals surface area contributed by atoms with E-state index in [-0.39, 0.29) is 59.5 Å². The van der Waals surface area contributed by atoms with Crippen molar-refractivity contribution in [2.45, 2.75) is 115 Å². The predicted octanol–water partition coefficient (Wildman–Crippen LogP) is 10.6. The zero-order valence-corrected chi connectivity index (χ0v) is 36.9. The second-order valence-electron chi connectivity index (χ2n) is 16.5. The van der Waals surface area contributed by atoms with E-state index in [4.69, 9.17) is 5.11 Å². The van der Waals surface area contributed by atoms with E-state index >= 15 is 0 Å². The van der Waals surface area contributed by atoms with Gasteiger partial charge in [0.1, 0.15) is 11.6 Å². The van der Waals surface area contributed by atoms with E-state index in [0.717, 1.165) is 98.4 Å². The Morgan fingerprint density at radius 3 is 1.37 bits per heavy atom. The fourth-order valence-corrected chi connectivity index (χ4v) is 7.97. The highest BCUT2D eigenvalue weighted by Crippen LogP contribution is 2.33. The third-order valence-electron chi connectivity index (χ3n) is 11.6. The van der Waals surface area contributed by atoms with Crippen molar-refractivity contribution in [3.05, 3.63) is 153 Å². The zero-order valence-electron chi connectivity index (χ0n) is 36.9. The maximum atomic E-state index is 13.1. The Bertz CT molecular complexity index is 2340. The lowest BCUT2D eigenvalue weighted by Crippen LogP contribution is -2.27. The predicted molar refractivity (Wildman–Crippen MR) is 246 cm³/mol. The number of hydrogen-bond donors (Lipinski definition) is 3. The Balaban J connectivity index is 0.000000244. The van der Waals surface area contributed by atoms with Crippen LogP contribution in [-0.2, 0) is 36.8 Å². The van der Waals surface area contributed by atoms with Gasteiger partial charge in [-0.3, -0.25) is 28.8 Å². The van der Waals surface area contributed by atoms with Crippen LogP contribution in [-0.4, -0.2) is 47.5 Å². The summed E-state index contributed by atoms with van der Waals surface area (Å²) < 4.78 is 30.7. The zero-order chi connectivity index (χ0) is 46.6. The molecule has 3 N–H and O–H groups in total. The highest BCUT2D eigenvalue weighted by Gasteiger charge is 2.26. The molecule has 4 aromatic carbocycles. The number of carboxylic acids is 1. The summed E-state index contributed by atoms with van der Waals surface area (Å²) in [5, 5.41) is 14.7. The lowest BCUT2D eigenvalue weighted by molar-refractivity contribution is -0.141. The number of allylic oxidation sites excluding steroid dienone is 2. The van der Waals surface area contributed by atoms with Crippen LogP contribution < -0.4 is 10.6 Å². The van der Waals surface area contributed by atoms with Crippen LogP contribution in [0.15, 0.2) is 97.1 Å². The first-order chi connectivity index (χ1) is 31.4. The molecule has 2 unspecified atom stereocenters. The minimum absolute atomic E-state index is 0.0631. The number of unbranched alkanes of at least 4 members (excludes halogenated alkanes) is 6. The summed E-state index contributed by atoms with van der Waals surface area (Å²) in [6.45, 7) is 0. The van der Waals surface area contributed by atoms with Crippen LogP contribution in [0.3, 0.4) is 0 Å². The summed E-state index contributed by atoms with van der Waals surface area (Å²) in [5.41, 5.74) is 7.26. The minimum atomic E-state index is -0.778. The lowest BCUT2D eigenvalue weighted by atomic mass is 10.0. The van der Waals surface area contributed by atoms with E-state index in [0.29, 0.717) is 36.8 Å². The molecular formula is C53H58F2N2O8. The maximum absolute atomic E-state index is 13.1. The average Bonchev–Trinajstić information content (AvgIpc) is 3.90. The van der Waals surface area contributed by atoms with Gasteiger partial charge in [-0.15, -0.1) is 0 Å². The van der Waals surface area contributed by atoms with Gasteiger partial charge < -0.3 is 20.5 Å². The van der Waals surface area contributed by atoms with Gasteiger partial charge in [-0.05, 0) is 145 Å². The van der Waals surface area contributed by atoms with Crippen molar-refractivity contribution in [2.75, 3.05) is 7.11 Å². The van der Waals surface area contributed by atoms with Crippen molar-refractivity contribution in [3.63, 3.8) is 0 Å². The molecule has 0 saturated heterocycles. The van der Waals surface area contributed by atoms with Crippen LogP contribution in [0.2, 0.25) is 0 Å². The normalized spacial score (nSPS) is 14.9. The first kappa shape index (κ1) is 49.5. The third-order valence-corrected chi connectivity index (χ3v) is 11.6. The molecule has 0 bridgehead atoms. The molecule has 65 heavy (non-hydrogen) atoms. The highest BCUT2D eigenvalue weighted by atomic mass is 19.1. The largest absolute Gasteiger partial charge is 0.481 e. The van der Waals surface area contributed by atoms with Crippen molar-refractivity contribution in [1.82, 2.24) is 10.6 Å². The van der Waals surface area contributed by atoms with E-state index in [1.54, 1.807) is 12.2 Å². The van der Waals surface area contributed by atoms with Crippen LogP contribution in [0.1, 0.15) is 156 Å². The SMILES string of the molecule is COC(=O)CCCCCCC(=O)/C=C/c1ccc2c(c1)CCC2NC(=O)c1ccc(F)cc1.O=C(O)CCCCCCC(=O)/C=C/c1ccc2c(c1)CCC2NC(=O)c1ccc(F)cc1. The molecule has 12 heteroatoms. The van der Waals surface area contributed by atoms with Crippen molar-refractivity contribution in [2.24, 2.45) is 0 Å². The number of esters is 1. The fraction of sp³-hybridized carbons (Fsp3) is 0.358. The maximum Gasteiger partial charge on any atom is 0.305 e. The molecule has 2 amide bonds. The molecule has 10 nitrogen and oxygen atoms in total. The summed E-state index contributed by atoms with van der Waals surface area (Å²) in [4.78, 5) is 70.6. The first-order valence-corrected chi connectivity index (χ1v) is 22.5. The Hall–Kier alpha value is -6.56. The molecule has 0 heterocycles. The molecule has 342 valence electrons. The number of ketones is 2. The van der Waals surface area contributed by atoms with Gasteiger partial charge in [-0.2, -0.15) is 0 Å². The van der Waals surface area contributed by atoms with Gasteiger partial charge in [0.15, 0.2) is 11.6 Å². The topological polar surface area (TPSA) is 156 Å². The third kappa shape index (κ3) is 16.5. The Kier molecular flexibility index (Phi) is 19.5. The monoisotopic (exact) mass is 888 g/mol. The molecule has 2 aliphatic rings. The number of carbonyl (C=O) groups excluding carboxylic acids is 5. The van der Waals surface area contributed by atoms with Crippen molar-refractivity contribution in [1.29, 1.82) is 0 Å². The number of nitrogens with one attached hydrogen (secondary N) is 2. The number of ether oxygens (including phenoxy) is 1. The van der Waals surface area contributed by atoms with Crippen LogP contribution >= 0.6 is 0 Å². The molecule has 0 aromatic heterocycles. The number of fused-ring (bicyclic) bond motifs is 2. The second kappa shape index (κ2) is 25.7. The first-order valence-electron chi connectivity index (χ1n) is 22.5. The van der Waals surface area contributed by atoms with E-state index in [9.17, 15) is 37.5 Å². The van der Waals surface area contributed by atoms with Gasteiger partial charge in [0.25, 0.3) is 11.8 Å². The summed E-state index contributed by atoms with van der Waals surface area (Å²) in [6.07, 6.45) is 18.3. The van der Waals surface area contributed by atoms with E-state index < -0.39 is 5.97 Å². The van der Waals surface area contributed by atoms with Gasteiger partial charge in [-0.25, -0.2) is 8.78 Å². The molecule has 0 spiro atoms.